The summed E-state index contributed by atoms with van der Waals surface area (Å²) in [7, 11) is 0. The van der Waals surface area contributed by atoms with Crippen LogP contribution < -0.4 is 5.32 Å². The van der Waals surface area contributed by atoms with Crippen molar-refractivity contribution in [1.82, 2.24) is 15.1 Å². The Balaban J connectivity index is 1.65. The van der Waals surface area contributed by atoms with Crippen LogP contribution in [-0.2, 0) is 9.53 Å². The molecule has 178 valence electrons. The van der Waals surface area contributed by atoms with E-state index >= 15 is 0 Å². The van der Waals surface area contributed by atoms with Crippen LogP contribution in [0.5, 0.6) is 0 Å². The average molecular weight is 462 g/mol. The summed E-state index contributed by atoms with van der Waals surface area (Å²) in [6.07, 6.45) is 2.71. The van der Waals surface area contributed by atoms with Crippen LogP contribution in [0.15, 0.2) is 48.5 Å². The summed E-state index contributed by atoms with van der Waals surface area (Å²) < 4.78 is 7.18. The first-order chi connectivity index (χ1) is 16.3. The van der Waals surface area contributed by atoms with Gasteiger partial charge >= 0.3 is 5.97 Å². The Hall–Kier alpha value is -3.45. The molecule has 34 heavy (non-hydrogen) atoms. The third kappa shape index (κ3) is 5.04. The minimum Gasteiger partial charge on any atom is -0.480 e. The zero-order chi connectivity index (χ0) is 24.2. The largest absolute Gasteiger partial charge is 0.480 e. The zero-order valence-electron chi connectivity index (χ0n) is 19.9. The van der Waals surface area contributed by atoms with Gasteiger partial charge in [0.2, 0.25) is 0 Å². The number of carbonyl (C=O) groups is 2. The molecule has 3 aromatic rings. The third-order valence-corrected chi connectivity index (χ3v) is 6.50. The number of benzene rings is 2. The summed E-state index contributed by atoms with van der Waals surface area (Å²) in [5.74, 6) is -1.11. The lowest BCUT2D eigenvalue weighted by atomic mass is 10.0. The molecule has 1 amide bonds. The van der Waals surface area contributed by atoms with Crippen molar-refractivity contribution in [3.8, 4) is 16.9 Å². The normalized spacial score (nSPS) is 17.6. The molecule has 1 aromatic heterocycles. The van der Waals surface area contributed by atoms with E-state index < -0.39 is 5.97 Å². The van der Waals surface area contributed by atoms with E-state index in [4.69, 9.17) is 14.9 Å². The second-order valence-electron chi connectivity index (χ2n) is 9.07. The maximum Gasteiger partial charge on any atom is 0.329 e. The molecule has 0 aliphatic heterocycles. The molecule has 2 aromatic carbocycles. The molecule has 0 bridgehead atoms. The van der Waals surface area contributed by atoms with Gasteiger partial charge in [0.15, 0.2) is 5.69 Å². The third-order valence-electron chi connectivity index (χ3n) is 6.50. The molecule has 1 saturated carbocycles. The van der Waals surface area contributed by atoms with Gasteiger partial charge in [0.25, 0.3) is 5.91 Å². The maximum absolute atomic E-state index is 13.4. The molecular weight excluding hydrogens is 430 g/mol. The Morgan fingerprint density at radius 3 is 2.59 bits per heavy atom. The molecule has 2 atom stereocenters. The number of ether oxygens (including phenoxy) is 1. The Morgan fingerprint density at radius 1 is 1.12 bits per heavy atom. The molecule has 2 unspecified atom stereocenters. The molecule has 1 heterocycles. The van der Waals surface area contributed by atoms with Gasteiger partial charge in [0.1, 0.15) is 6.61 Å². The lowest BCUT2D eigenvalue weighted by Gasteiger charge is -2.20. The van der Waals surface area contributed by atoms with Gasteiger partial charge in [-0.05, 0) is 45.2 Å². The van der Waals surface area contributed by atoms with Gasteiger partial charge in [-0.3, -0.25) is 4.79 Å². The predicted molar refractivity (Wildman–Crippen MR) is 130 cm³/mol. The fraction of sp³-hybridized carbons (Fsp3) is 0.370. The molecular formula is C27H31N3O4. The van der Waals surface area contributed by atoms with Crippen LogP contribution in [0, 0.1) is 26.7 Å². The monoisotopic (exact) mass is 461 g/mol. The molecule has 2 N–H and O–H groups in total. The number of hydrogen-bond acceptors (Lipinski definition) is 4. The van der Waals surface area contributed by atoms with Gasteiger partial charge < -0.3 is 15.2 Å². The first-order valence-corrected chi connectivity index (χ1v) is 11.7. The maximum atomic E-state index is 13.4. The van der Waals surface area contributed by atoms with E-state index in [1.165, 1.54) is 5.56 Å². The van der Waals surface area contributed by atoms with Gasteiger partial charge in [-0.15, -0.1) is 0 Å². The summed E-state index contributed by atoms with van der Waals surface area (Å²) >= 11 is 0. The van der Waals surface area contributed by atoms with Gasteiger partial charge in [0, 0.05) is 23.1 Å². The van der Waals surface area contributed by atoms with Crippen molar-refractivity contribution < 1.29 is 19.4 Å². The van der Waals surface area contributed by atoms with E-state index in [0.29, 0.717) is 12.3 Å². The second kappa shape index (κ2) is 10.2. The van der Waals surface area contributed by atoms with E-state index in [1.54, 1.807) is 0 Å². The number of aliphatic carboxylic acids is 1. The number of rotatable bonds is 8. The first-order valence-electron chi connectivity index (χ1n) is 11.7. The van der Waals surface area contributed by atoms with E-state index in [1.807, 2.05) is 61.0 Å². The molecule has 4 rings (SSSR count). The fourth-order valence-corrected chi connectivity index (χ4v) is 4.82. The van der Waals surface area contributed by atoms with E-state index in [0.717, 1.165) is 47.3 Å². The quantitative estimate of drug-likeness (QED) is 0.516. The topological polar surface area (TPSA) is 93.5 Å². The molecule has 0 saturated heterocycles. The van der Waals surface area contributed by atoms with Crippen molar-refractivity contribution in [1.29, 1.82) is 0 Å². The minimum absolute atomic E-state index is 0.0628. The fourth-order valence-electron chi connectivity index (χ4n) is 4.82. The van der Waals surface area contributed by atoms with Crippen molar-refractivity contribution in [3.05, 3.63) is 70.9 Å². The average Bonchev–Trinajstić information content (AvgIpc) is 3.38. The number of hydrogen-bond donors (Lipinski definition) is 2. The zero-order valence-corrected chi connectivity index (χ0v) is 19.9. The van der Waals surface area contributed by atoms with Crippen LogP contribution in [0.4, 0.5) is 0 Å². The lowest BCUT2D eigenvalue weighted by Crippen LogP contribution is -2.39. The van der Waals surface area contributed by atoms with Crippen LogP contribution in [0.2, 0.25) is 0 Å². The van der Waals surface area contributed by atoms with Crippen LogP contribution in [-0.4, -0.2) is 46.0 Å². The SMILES string of the molecule is Cc1ccc(-n2nc(C(=O)NC3CCCC3COCC(=O)O)c(C)c2-c2ccccc2)c(C)c1. The first kappa shape index (κ1) is 23.7. The van der Waals surface area contributed by atoms with E-state index in [9.17, 15) is 9.59 Å². The second-order valence-corrected chi connectivity index (χ2v) is 9.07. The highest BCUT2D eigenvalue weighted by molar-refractivity contribution is 5.96. The van der Waals surface area contributed by atoms with Gasteiger partial charge in [0.05, 0.1) is 18.0 Å². The number of amides is 1. The van der Waals surface area contributed by atoms with Gasteiger partial charge in [-0.1, -0.05) is 54.4 Å². The van der Waals surface area contributed by atoms with Crippen molar-refractivity contribution in [2.75, 3.05) is 13.2 Å². The molecule has 1 aliphatic carbocycles. The molecule has 1 fully saturated rings. The van der Waals surface area contributed by atoms with Crippen LogP contribution in [0.1, 0.15) is 46.4 Å². The number of carboxylic acids is 1. The summed E-state index contributed by atoms with van der Waals surface area (Å²) in [6.45, 7) is 6.04. The van der Waals surface area contributed by atoms with Crippen molar-refractivity contribution in [2.24, 2.45) is 5.92 Å². The molecule has 7 heteroatoms. The van der Waals surface area contributed by atoms with Crippen LogP contribution in [0.3, 0.4) is 0 Å². The minimum atomic E-state index is -0.986. The summed E-state index contributed by atoms with van der Waals surface area (Å²) in [5, 5.41) is 16.8. The van der Waals surface area contributed by atoms with E-state index in [-0.39, 0.29) is 24.5 Å². The lowest BCUT2D eigenvalue weighted by molar-refractivity contribution is -0.142. The molecule has 0 radical (unpaired) electrons. The van der Waals surface area contributed by atoms with Gasteiger partial charge in [-0.25, -0.2) is 9.48 Å². The number of nitrogens with zero attached hydrogens (tertiary/aromatic N) is 2. The summed E-state index contributed by atoms with van der Waals surface area (Å²) in [6, 6.07) is 16.1. The smallest absolute Gasteiger partial charge is 0.329 e. The molecule has 1 aliphatic rings. The number of carbonyl (C=O) groups excluding carboxylic acids is 1. The van der Waals surface area contributed by atoms with Crippen LogP contribution >= 0.6 is 0 Å². The van der Waals surface area contributed by atoms with Crippen molar-refractivity contribution >= 4 is 11.9 Å². The Morgan fingerprint density at radius 2 is 1.88 bits per heavy atom. The number of nitrogens with one attached hydrogen (secondary N) is 1. The Bertz CT molecular complexity index is 1190. The number of carboxylic acid groups (broad SMARTS) is 1. The summed E-state index contributed by atoms with van der Waals surface area (Å²) in [5.41, 5.74) is 6.29. The molecule has 0 spiro atoms. The highest BCUT2D eigenvalue weighted by Gasteiger charge is 2.31. The molecule has 7 nitrogen and oxygen atoms in total. The predicted octanol–water partition coefficient (Wildman–Crippen LogP) is 4.46. The van der Waals surface area contributed by atoms with Crippen molar-refractivity contribution in [2.45, 2.75) is 46.1 Å². The van der Waals surface area contributed by atoms with Crippen molar-refractivity contribution in [3.63, 3.8) is 0 Å². The number of aromatic nitrogens is 2. The highest BCUT2D eigenvalue weighted by Crippen LogP contribution is 2.31. The van der Waals surface area contributed by atoms with Crippen LogP contribution in [0.25, 0.3) is 16.9 Å². The highest BCUT2D eigenvalue weighted by atomic mass is 16.5. The van der Waals surface area contributed by atoms with Gasteiger partial charge in [-0.2, -0.15) is 5.10 Å². The number of aryl methyl sites for hydroxylation is 2. The summed E-state index contributed by atoms with van der Waals surface area (Å²) in [4.78, 5) is 24.2. The Labute approximate surface area is 199 Å². The standard InChI is InChI=1S/C27H31N3O4/c1-17-12-13-23(18(2)14-17)30-26(20-8-5-4-6-9-20)19(3)25(29-30)27(33)28-22-11-7-10-21(22)15-34-16-24(31)32/h4-6,8-9,12-14,21-22H,7,10-11,15-16H2,1-3H3,(H,28,33)(H,31,32). The Kier molecular flexibility index (Phi) is 7.12. The van der Waals surface area contributed by atoms with E-state index in [2.05, 4.69) is 18.3 Å².